The first-order chi connectivity index (χ1) is 10.1. The summed E-state index contributed by atoms with van der Waals surface area (Å²) in [7, 11) is 1.61. The number of halogens is 3. The minimum Gasteiger partial charge on any atom is -0.383 e. The Kier molecular flexibility index (Phi) is 5.24. The summed E-state index contributed by atoms with van der Waals surface area (Å²) in [6.07, 6.45) is 3.09. The molecule has 7 heteroatoms. The fourth-order valence-electron chi connectivity index (χ4n) is 1.69. The molecule has 0 fully saturated rings. The van der Waals surface area contributed by atoms with Crippen LogP contribution in [0.3, 0.4) is 0 Å². The van der Waals surface area contributed by atoms with Gasteiger partial charge in [0.15, 0.2) is 23.3 Å². The van der Waals surface area contributed by atoms with E-state index in [9.17, 15) is 13.2 Å². The molecule has 0 radical (unpaired) electrons. The zero-order valence-corrected chi connectivity index (χ0v) is 11.4. The third-order valence-electron chi connectivity index (χ3n) is 2.76. The van der Waals surface area contributed by atoms with Crippen molar-refractivity contribution in [2.45, 2.75) is 6.54 Å². The Bertz CT molecular complexity index is 582. The molecule has 0 bridgehead atoms. The minimum atomic E-state index is -1.50. The lowest BCUT2D eigenvalue weighted by Gasteiger charge is -2.05. The van der Waals surface area contributed by atoms with E-state index < -0.39 is 17.5 Å². The normalized spacial score (nSPS) is 10.9. The van der Waals surface area contributed by atoms with Gasteiger partial charge in [-0.2, -0.15) is 0 Å². The number of ether oxygens (including phenoxy) is 1. The zero-order chi connectivity index (χ0) is 15.2. The van der Waals surface area contributed by atoms with Crippen molar-refractivity contribution in [1.82, 2.24) is 15.3 Å². The molecular weight excluding hydrogens is 283 g/mol. The van der Waals surface area contributed by atoms with Crippen LogP contribution in [0.15, 0.2) is 24.5 Å². The molecule has 0 saturated carbocycles. The van der Waals surface area contributed by atoms with Crippen LogP contribution in [-0.2, 0) is 11.3 Å². The number of benzene rings is 1. The first-order valence-corrected chi connectivity index (χ1v) is 6.27. The van der Waals surface area contributed by atoms with Crippen LogP contribution in [-0.4, -0.2) is 30.2 Å². The van der Waals surface area contributed by atoms with Crippen molar-refractivity contribution >= 4 is 0 Å². The van der Waals surface area contributed by atoms with Crippen molar-refractivity contribution in [3.05, 3.63) is 47.5 Å². The van der Waals surface area contributed by atoms with Crippen molar-refractivity contribution in [2.75, 3.05) is 20.3 Å². The van der Waals surface area contributed by atoms with Crippen molar-refractivity contribution in [1.29, 1.82) is 0 Å². The largest absolute Gasteiger partial charge is 0.383 e. The maximum absolute atomic E-state index is 13.2. The van der Waals surface area contributed by atoms with E-state index in [1.54, 1.807) is 19.5 Å². The summed E-state index contributed by atoms with van der Waals surface area (Å²) in [5, 5.41) is 3.11. The van der Waals surface area contributed by atoms with Crippen LogP contribution in [0.1, 0.15) is 5.56 Å². The maximum atomic E-state index is 13.2. The summed E-state index contributed by atoms with van der Waals surface area (Å²) in [6.45, 7) is 1.83. The molecular formula is C14H14F3N3O. The maximum Gasteiger partial charge on any atom is 0.194 e. The Hall–Kier alpha value is -1.99. The fourth-order valence-corrected chi connectivity index (χ4v) is 1.69. The van der Waals surface area contributed by atoms with Crippen LogP contribution in [0.5, 0.6) is 0 Å². The molecule has 0 aliphatic heterocycles. The molecule has 0 unspecified atom stereocenters. The third-order valence-corrected chi connectivity index (χ3v) is 2.76. The number of hydrogen-bond donors (Lipinski definition) is 1. The molecule has 1 aromatic heterocycles. The smallest absolute Gasteiger partial charge is 0.194 e. The lowest BCUT2D eigenvalue weighted by atomic mass is 10.2. The van der Waals surface area contributed by atoms with Crippen LogP contribution in [0, 0.1) is 17.5 Å². The van der Waals surface area contributed by atoms with Gasteiger partial charge in [-0.1, -0.05) is 0 Å². The molecule has 1 heterocycles. The summed E-state index contributed by atoms with van der Waals surface area (Å²) < 4.78 is 44.1. The second-order valence-electron chi connectivity index (χ2n) is 4.34. The molecule has 0 aliphatic carbocycles. The van der Waals surface area contributed by atoms with Crippen molar-refractivity contribution in [3.63, 3.8) is 0 Å². The van der Waals surface area contributed by atoms with Crippen molar-refractivity contribution in [2.24, 2.45) is 0 Å². The average molecular weight is 297 g/mol. The SMILES string of the molecule is COCCNCc1cnc(-c2cc(F)c(F)c(F)c2)nc1. The van der Waals surface area contributed by atoms with E-state index in [-0.39, 0.29) is 11.4 Å². The Labute approximate surface area is 120 Å². The van der Waals surface area contributed by atoms with E-state index in [2.05, 4.69) is 15.3 Å². The summed E-state index contributed by atoms with van der Waals surface area (Å²) in [4.78, 5) is 8.04. The number of rotatable bonds is 6. The van der Waals surface area contributed by atoms with Gasteiger partial charge in [-0.25, -0.2) is 23.1 Å². The van der Waals surface area contributed by atoms with E-state index in [4.69, 9.17) is 4.74 Å². The third kappa shape index (κ3) is 3.99. The Morgan fingerprint density at radius 1 is 1.10 bits per heavy atom. The molecule has 2 aromatic rings. The highest BCUT2D eigenvalue weighted by molar-refractivity contribution is 5.54. The molecule has 0 amide bonds. The monoisotopic (exact) mass is 297 g/mol. The highest BCUT2D eigenvalue weighted by atomic mass is 19.2. The standard InChI is InChI=1S/C14H14F3N3O/c1-21-3-2-18-6-9-7-19-14(20-8-9)10-4-11(15)13(17)12(16)5-10/h4-5,7-8,18H,2-3,6H2,1H3. The van der Waals surface area contributed by atoms with Crippen molar-refractivity contribution in [3.8, 4) is 11.4 Å². The first kappa shape index (κ1) is 15.4. The van der Waals surface area contributed by atoms with Gasteiger partial charge in [0.25, 0.3) is 0 Å². The van der Waals surface area contributed by atoms with Gasteiger partial charge in [-0.05, 0) is 12.1 Å². The minimum absolute atomic E-state index is 0.0882. The van der Waals surface area contributed by atoms with Crippen LogP contribution < -0.4 is 5.32 Å². The molecule has 0 aliphatic rings. The number of nitrogens with zero attached hydrogens (tertiary/aromatic N) is 2. The highest BCUT2D eigenvalue weighted by Gasteiger charge is 2.12. The highest BCUT2D eigenvalue weighted by Crippen LogP contribution is 2.20. The molecule has 0 spiro atoms. The summed E-state index contributed by atoms with van der Waals surface area (Å²) >= 11 is 0. The predicted octanol–water partition coefficient (Wildman–Crippen LogP) is 2.30. The van der Waals surface area contributed by atoms with Crippen molar-refractivity contribution < 1.29 is 17.9 Å². The summed E-state index contributed by atoms with van der Waals surface area (Å²) in [6, 6.07) is 1.73. The lowest BCUT2D eigenvalue weighted by molar-refractivity contribution is 0.199. The number of nitrogens with one attached hydrogen (secondary N) is 1. The van der Waals surface area contributed by atoms with E-state index >= 15 is 0 Å². The predicted molar refractivity (Wildman–Crippen MR) is 70.9 cm³/mol. The van der Waals surface area contributed by atoms with Gasteiger partial charge in [0.05, 0.1) is 6.61 Å². The Balaban J connectivity index is 2.08. The molecule has 1 N–H and O–H groups in total. The molecule has 0 saturated heterocycles. The van der Waals surface area contributed by atoms with Crippen LogP contribution in [0.2, 0.25) is 0 Å². The van der Waals surface area contributed by atoms with Gasteiger partial charge in [0.2, 0.25) is 0 Å². The quantitative estimate of drug-likeness (QED) is 0.656. The summed E-state index contributed by atoms with van der Waals surface area (Å²) in [5.74, 6) is -3.90. The molecule has 0 atom stereocenters. The number of aromatic nitrogens is 2. The second kappa shape index (κ2) is 7.14. The van der Waals surface area contributed by atoms with Gasteiger partial charge in [-0.15, -0.1) is 0 Å². The second-order valence-corrected chi connectivity index (χ2v) is 4.34. The van der Waals surface area contributed by atoms with Gasteiger partial charge in [0.1, 0.15) is 0 Å². The van der Waals surface area contributed by atoms with E-state index in [0.717, 1.165) is 17.7 Å². The van der Waals surface area contributed by atoms with Gasteiger partial charge in [0, 0.05) is 43.7 Å². The van der Waals surface area contributed by atoms with Gasteiger partial charge >= 0.3 is 0 Å². The van der Waals surface area contributed by atoms with Gasteiger partial charge < -0.3 is 10.1 Å². The molecule has 2 rings (SSSR count). The topological polar surface area (TPSA) is 47.0 Å². The lowest BCUT2D eigenvalue weighted by Crippen LogP contribution is -2.18. The number of hydrogen-bond acceptors (Lipinski definition) is 4. The Morgan fingerprint density at radius 3 is 2.29 bits per heavy atom. The van der Waals surface area contributed by atoms with E-state index in [1.165, 1.54) is 0 Å². The van der Waals surface area contributed by atoms with Crippen LogP contribution >= 0.6 is 0 Å². The van der Waals surface area contributed by atoms with E-state index in [1.807, 2.05) is 0 Å². The number of methoxy groups -OCH3 is 1. The van der Waals surface area contributed by atoms with Crippen LogP contribution in [0.4, 0.5) is 13.2 Å². The summed E-state index contributed by atoms with van der Waals surface area (Å²) in [5.41, 5.74) is 0.906. The molecule has 4 nitrogen and oxygen atoms in total. The first-order valence-electron chi connectivity index (χ1n) is 6.27. The molecule has 21 heavy (non-hydrogen) atoms. The average Bonchev–Trinajstić information content (AvgIpc) is 2.49. The van der Waals surface area contributed by atoms with E-state index in [0.29, 0.717) is 19.7 Å². The van der Waals surface area contributed by atoms with Gasteiger partial charge in [-0.3, -0.25) is 0 Å². The Morgan fingerprint density at radius 2 is 1.71 bits per heavy atom. The zero-order valence-electron chi connectivity index (χ0n) is 11.4. The molecule has 112 valence electrons. The molecule has 1 aromatic carbocycles. The fraction of sp³-hybridized carbons (Fsp3) is 0.286. The van der Waals surface area contributed by atoms with Crippen LogP contribution in [0.25, 0.3) is 11.4 Å².